The molecule has 1 spiro atoms. The number of aliphatic imine (C=N–C) groups is 1. The molecule has 4 heteroatoms. The highest BCUT2D eigenvalue weighted by molar-refractivity contribution is 5.81. The maximum Gasteiger partial charge on any atom is 0.191 e. The van der Waals surface area contributed by atoms with E-state index in [0.717, 1.165) is 45.0 Å². The van der Waals surface area contributed by atoms with E-state index in [4.69, 9.17) is 5.73 Å². The highest BCUT2D eigenvalue weighted by Gasteiger charge is 2.44. The Kier molecular flexibility index (Phi) is 3.79. The van der Waals surface area contributed by atoms with Gasteiger partial charge in [-0.2, -0.15) is 0 Å². The average molecular weight is 286 g/mol. The molecule has 21 heavy (non-hydrogen) atoms. The van der Waals surface area contributed by atoms with Crippen LogP contribution in [0, 0.1) is 5.92 Å². The number of anilines is 1. The summed E-state index contributed by atoms with van der Waals surface area (Å²) in [5.74, 6) is 1.36. The van der Waals surface area contributed by atoms with Gasteiger partial charge in [-0.1, -0.05) is 32.0 Å². The minimum absolute atomic E-state index is 0.166. The first kappa shape index (κ1) is 14.2. The van der Waals surface area contributed by atoms with Crippen molar-refractivity contribution in [3.63, 3.8) is 0 Å². The van der Waals surface area contributed by atoms with Gasteiger partial charge in [0.25, 0.3) is 0 Å². The van der Waals surface area contributed by atoms with Crippen LogP contribution in [0.1, 0.15) is 26.7 Å². The van der Waals surface area contributed by atoms with Crippen molar-refractivity contribution in [2.24, 2.45) is 16.6 Å². The first-order valence-electron chi connectivity index (χ1n) is 7.98. The molecule has 114 valence electrons. The molecule has 0 aliphatic carbocycles. The highest BCUT2D eigenvalue weighted by atomic mass is 15.4. The molecule has 0 bridgehead atoms. The van der Waals surface area contributed by atoms with Crippen LogP contribution in [0.4, 0.5) is 5.69 Å². The third kappa shape index (κ3) is 2.71. The van der Waals surface area contributed by atoms with Crippen molar-refractivity contribution in [3.8, 4) is 0 Å². The second kappa shape index (κ2) is 5.58. The molecule has 1 fully saturated rings. The lowest BCUT2D eigenvalue weighted by molar-refractivity contribution is 0.147. The molecule has 1 saturated heterocycles. The lowest BCUT2D eigenvalue weighted by atomic mass is 9.86. The van der Waals surface area contributed by atoms with Gasteiger partial charge in [0.05, 0.1) is 12.1 Å². The fourth-order valence-electron chi connectivity index (χ4n) is 3.54. The van der Waals surface area contributed by atoms with Gasteiger partial charge in [0.1, 0.15) is 0 Å². The predicted molar refractivity (Wildman–Crippen MR) is 88.7 cm³/mol. The van der Waals surface area contributed by atoms with Crippen molar-refractivity contribution in [3.05, 3.63) is 30.3 Å². The third-order valence-electron chi connectivity index (χ3n) is 4.75. The molecule has 0 unspecified atom stereocenters. The van der Waals surface area contributed by atoms with Crippen molar-refractivity contribution in [1.82, 2.24) is 4.90 Å². The van der Waals surface area contributed by atoms with Gasteiger partial charge in [-0.05, 0) is 30.9 Å². The summed E-state index contributed by atoms with van der Waals surface area (Å²) in [4.78, 5) is 9.40. The number of hydrogen-bond acceptors (Lipinski definition) is 4. The summed E-state index contributed by atoms with van der Waals surface area (Å²) in [5, 5.41) is 0. The van der Waals surface area contributed by atoms with E-state index in [1.165, 1.54) is 5.69 Å². The van der Waals surface area contributed by atoms with Crippen molar-refractivity contribution in [1.29, 1.82) is 0 Å². The van der Waals surface area contributed by atoms with Crippen molar-refractivity contribution in [2.75, 3.05) is 31.1 Å². The monoisotopic (exact) mass is 286 g/mol. The lowest BCUT2D eigenvalue weighted by Crippen LogP contribution is -2.58. The van der Waals surface area contributed by atoms with Gasteiger partial charge in [-0.3, -0.25) is 4.99 Å². The molecule has 1 aromatic rings. The molecule has 0 amide bonds. The highest BCUT2D eigenvalue weighted by Crippen LogP contribution is 2.35. The van der Waals surface area contributed by atoms with E-state index in [1.807, 2.05) is 0 Å². The second-order valence-electron chi connectivity index (χ2n) is 6.73. The van der Waals surface area contributed by atoms with Gasteiger partial charge in [0.2, 0.25) is 0 Å². The molecule has 2 heterocycles. The number of hydrogen-bond donors (Lipinski definition) is 1. The number of piperidine rings is 1. The Morgan fingerprint density at radius 2 is 1.86 bits per heavy atom. The van der Waals surface area contributed by atoms with Gasteiger partial charge in [0, 0.05) is 25.3 Å². The SMILES string of the molecule is CC(C)CN1C(N)=NCC12CCN(c1ccccc1)CC2. The van der Waals surface area contributed by atoms with Gasteiger partial charge >= 0.3 is 0 Å². The van der Waals surface area contributed by atoms with Crippen LogP contribution in [0.5, 0.6) is 0 Å². The molecule has 1 aromatic carbocycles. The summed E-state index contributed by atoms with van der Waals surface area (Å²) in [6.45, 7) is 8.55. The maximum absolute atomic E-state index is 6.14. The van der Waals surface area contributed by atoms with Gasteiger partial charge < -0.3 is 15.5 Å². The standard InChI is InChI=1S/C17H26N4/c1-14(2)12-21-16(18)19-13-17(21)8-10-20(11-9-17)15-6-4-3-5-7-15/h3-7,14H,8-13H2,1-2H3,(H2,18,19). The molecule has 4 nitrogen and oxygen atoms in total. The summed E-state index contributed by atoms with van der Waals surface area (Å²) in [7, 11) is 0. The molecular weight excluding hydrogens is 260 g/mol. The normalized spacial score (nSPS) is 21.2. The zero-order valence-corrected chi connectivity index (χ0v) is 13.1. The zero-order valence-electron chi connectivity index (χ0n) is 13.1. The van der Waals surface area contributed by atoms with Crippen molar-refractivity contribution in [2.45, 2.75) is 32.2 Å². The molecule has 0 aromatic heterocycles. The zero-order chi connectivity index (χ0) is 14.9. The van der Waals surface area contributed by atoms with Gasteiger partial charge in [-0.25, -0.2) is 0 Å². The molecule has 2 aliphatic heterocycles. The Hall–Kier alpha value is -1.71. The summed E-state index contributed by atoms with van der Waals surface area (Å²) >= 11 is 0. The smallest absolute Gasteiger partial charge is 0.191 e. The summed E-state index contributed by atoms with van der Waals surface area (Å²) in [6, 6.07) is 10.7. The molecular formula is C17H26N4. The third-order valence-corrected chi connectivity index (χ3v) is 4.75. The van der Waals surface area contributed by atoms with E-state index in [1.54, 1.807) is 0 Å². The van der Waals surface area contributed by atoms with Crippen LogP contribution in [-0.2, 0) is 0 Å². The number of benzene rings is 1. The van der Waals surface area contributed by atoms with Crippen molar-refractivity contribution >= 4 is 11.6 Å². The summed E-state index contributed by atoms with van der Waals surface area (Å²) in [5.41, 5.74) is 7.64. The maximum atomic E-state index is 6.14. The Balaban J connectivity index is 1.69. The van der Waals surface area contributed by atoms with Gasteiger partial charge in [0.15, 0.2) is 5.96 Å². The van der Waals surface area contributed by atoms with Crippen LogP contribution in [0.2, 0.25) is 0 Å². The molecule has 0 saturated carbocycles. The number of nitrogens with zero attached hydrogens (tertiary/aromatic N) is 3. The first-order chi connectivity index (χ1) is 10.1. The van der Waals surface area contributed by atoms with Crippen LogP contribution in [0.15, 0.2) is 35.3 Å². The summed E-state index contributed by atoms with van der Waals surface area (Å²) < 4.78 is 0. The van der Waals surface area contributed by atoms with Gasteiger partial charge in [-0.15, -0.1) is 0 Å². The first-order valence-corrected chi connectivity index (χ1v) is 7.98. The largest absolute Gasteiger partial charge is 0.371 e. The molecule has 0 radical (unpaired) electrons. The van der Waals surface area contributed by atoms with Crippen LogP contribution in [-0.4, -0.2) is 42.6 Å². The van der Waals surface area contributed by atoms with Crippen LogP contribution < -0.4 is 10.6 Å². The number of nitrogens with two attached hydrogens (primary N) is 1. The van der Waals surface area contributed by atoms with Crippen LogP contribution >= 0.6 is 0 Å². The minimum atomic E-state index is 0.166. The molecule has 3 rings (SSSR count). The fourth-order valence-corrected chi connectivity index (χ4v) is 3.54. The fraction of sp³-hybridized carbons (Fsp3) is 0.588. The summed E-state index contributed by atoms with van der Waals surface area (Å²) in [6.07, 6.45) is 2.28. The molecule has 2 N–H and O–H groups in total. The van der Waals surface area contributed by atoms with Crippen LogP contribution in [0.25, 0.3) is 0 Å². The van der Waals surface area contributed by atoms with E-state index in [-0.39, 0.29) is 5.54 Å². The molecule has 2 aliphatic rings. The molecule has 0 atom stereocenters. The van der Waals surface area contributed by atoms with E-state index in [0.29, 0.717) is 5.92 Å². The lowest BCUT2D eigenvalue weighted by Gasteiger charge is -2.46. The Labute approximate surface area is 127 Å². The van der Waals surface area contributed by atoms with E-state index >= 15 is 0 Å². The number of rotatable bonds is 3. The Morgan fingerprint density at radius 1 is 1.19 bits per heavy atom. The van der Waals surface area contributed by atoms with Crippen LogP contribution in [0.3, 0.4) is 0 Å². The van der Waals surface area contributed by atoms with E-state index in [2.05, 4.69) is 59.0 Å². The quantitative estimate of drug-likeness (QED) is 0.927. The second-order valence-corrected chi connectivity index (χ2v) is 6.73. The average Bonchev–Trinajstić information content (AvgIpc) is 2.78. The van der Waals surface area contributed by atoms with Crippen molar-refractivity contribution < 1.29 is 0 Å². The number of guanidine groups is 1. The minimum Gasteiger partial charge on any atom is -0.371 e. The predicted octanol–water partition coefficient (Wildman–Crippen LogP) is 2.31. The van der Waals surface area contributed by atoms with E-state index < -0.39 is 0 Å². The number of para-hydroxylation sites is 1. The topological polar surface area (TPSA) is 44.9 Å². The Bertz CT molecular complexity index is 501. The Morgan fingerprint density at radius 3 is 2.48 bits per heavy atom. The van der Waals surface area contributed by atoms with E-state index in [9.17, 15) is 0 Å².